The fourth-order valence-electron chi connectivity index (χ4n) is 2.47. The van der Waals surface area contributed by atoms with Crippen LogP contribution in [-0.2, 0) is 4.74 Å². The van der Waals surface area contributed by atoms with Gasteiger partial charge in [0.2, 0.25) is 0 Å². The Morgan fingerprint density at radius 3 is 2.71 bits per heavy atom. The molecule has 1 N–H and O–H groups in total. The predicted molar refractivity (Wildman–Crippen MR) is 85.6 cm³/mol. The molecule has 24 heavy (non-hydrogen) atoms. The molecule has 7 heteroatoms. The van der Waals surface area contributed by atoms with Crippen molar-refractivity contribution in [3.8, 4) is 0 Å². The molecule has 2 heterocycles. The van der Waals surface area contributed by atoms with E-state index >= 15 is 0 Å². The fraction of sp³-hybridized carbons (Fsp3) is 0.118. The van der Waals surface area contributed by atoms with Crippen LogP contribution in [0.4, 0.5) is 10.1 Å². The number of pyridine rings is 1. The maximum Gasteiger partial charge on any atom is 0.339 e. The Balaban J connectivity index is 2.01. The van der Waals surface area contributed by atoms with E-state index in [9.17, 15) is 14.0 Å². The predicted octanol–water partition coefficient (Wildman–Crippen LogP) is 2.82. The number of aryl methyl sites for hydroxylation is 1. The number of ether oxygens (including phenoxy) is 1. The van der Waals surface area contributed by atoms with Crippen molar-refractivity contribution in [3.05, 3.63) is 65.4 Å². The first-order chi connectivity index (χ1) is 11.5. The van der Waals surface area contributed by atoms with Crippen molar-refractivity contribution in [2.75, 3.05) is 12.4 Å². The maximum absolute atomic E-state index is 13.5. The van der Waals surface area contributed by atoms with Gasteiger partial charge in [0.25, 0.3) is 5.91 Å². The summed E-state index contributed by atoms with van der Waals surface area (Å²) in [4.78, 5) is 28.7. The standard InChI is InChI=1S/C17H14FN3O3/c1-10-15(21-9-11(18)7-8-14(21)19-10)16(22)20-13-6-4-3-5-12(13)17(23)24-2/h3-9H,1-2H3,(H,20,22). The number of carbonyl (C=O) groups is 2. The summed E-state index contributed by atoms with van der Waals surface area (Å²) in [6.07, 6.45) is 1.19. The molecule has 0 bridgehead atoms. The zero-order chi connectivity index (χ0) is 17.3. The van der Waals surface area contributed by atoms with Crippen LogP contribution in [0.5, 0.6) is 0 Å². The van der Waals surface area contributed by atoms with Gasteiger partial charge < -0.3 is 10.1 Å². The van der Waals surface area contributed by atoms with E-state index in [0.717, 1.165) is 0 Å². The van der Waals surface area contributed by atoms with Gasteiger partial charge in [-0.25, -0.2) is 14.2 Å². The van der Waals surface area contributed by atoms with Crippen LogP contribution >= 0.6 is 0 Å². The average molecular weight is 327 g/mol. The Morgan fingerprint density at radius 2 is 1.96 bits per heavy atom. The molecule has 1 aromatic carbocycles. The number of benzene rings is 1. The summed E-state index contributed by atoms with van der Waals surface area (Å²) in [5, 5.41) is 2.66. The number of hydrogen-bond donors (Lipinski definition) is 1. The molecule has 0 aliphatic heterocycles. The maximum atomic E-state index is 13.5. The lowest BCUT2D eigenvalue weighted by molar-refractivity contribution is 0.0602. The summed E-state index contributed by atoms with van der Waals surface area (Å²) >= 11 is 0. The van der Waals surface area contributed by atoms with E-state index in [1.165, 1.54) is 29.8 Å². The molecule has 3 rings (SSSR count). The number of nitrogens with one attached hydrogen (secondary N) is 1. The summed E-state index contributed by atoms with van der Waals surface area (Å²) in [5.74, 6) is -1.54. The zero-order valence-electron chi connectivity index (χ0n) is 13.0. The number of nitrogens with zero attached hydrogens (tertiary/aromatic N) is 2. The molecule has 6 nitrogen and oxygen atoms in total. The van der Waals surface area contributed by atoms with Gasteiger partial charge in [-0.2, -0.15) is 0 Å². The number of rotatable bonds is 3. The molecule has 0 spiro atoms. The summed E-state index contributed by atoms with van der Waals surface area (Å²) in [5.41, 5.74) is 1.64. The molecule has 0 saturated heterocycles. The third-order valence-electron chi connectivity index (χ3n) is 3.55. The molecular formula is C17H14FN3O3. The minimum atomic E-state index is -0.563. The van der Waals surface area contributed by atoms with E-state index < -0.39 is 17.7 Å². The minimum Gasteiger partial charge on any atom is -0.465 e. The van der Waals surface area contributed by atoms with Crippen molar-refractivity contribution in [2.24, 2.45) is 0 Å². The number of halogens is 1. The van der Waals surface area contributed by atoms with Gasteiger partial charge in [-0.3, -0.25) is 9.20 Å². The summed E-state index contributed by atoms with van der Waals surface area (Å²) in [7, 11) is 1.26. The zero-order valence-corrected chi connectivity index (χ0v) is 13.0. The second-order valence-corrected chi connectivity index (χ2v) is 5.11. The lowest BCUT2D eigenvalue weighted by Gasteiger charge is -2.10. The Labute approximate surface area is 136 Å². The molecule has 0 aliphatic carbocycles. The van der Waals surface area contributed by atoms with Crippen molar-refractivity contribution < 1.29 is 18.7 Å². The van der Waals surface area contributed by atoms with Gasteiger partial charge in [0.15, 0.2) is 0 Å². The molecule has 122 valence electrons. The number of amides is 1. The first-order valence-electron chi connectivity index (χ1n) is 7.14. The molecule has 0 radical (unpaired) electrons. The normalized spacial score (nSPS) is 10.6. The smallest absolute Gasteiger partial charge is 0.339 e. The highest BCUT2D eigenvalue weighted by atomic mass is 19.1. The van der Waals surface area contributed by atoms with Crippen LogP contribution in [0.2, 0.25) is 0 Å². The molecule has 3 aromatic rings. The first-order valence-corrected chi connectivity index (χ1v) is 7.14. The fourth-order valence-corrected chi connectivity index (χ4v) is 2.47. The van der Waals surface area contributed by atoms with E-state index in [1.807, 2.05) is 0 Å². The second kappa shape index (κ2) is 6.11. The average Bonchev–Trinajstić information content (AvgIpc) is 2.89. The largest absolute Gasteiger partial charge is 0.465 e. The quantitative estimate of drug-likeness (QED) is 0.751. The van der Waals surface area contributed by atoms with Gasteiger partial charge in [-0.1, -0.05) is 12.1 Å². The summed E-state index contributed by atoms with van der Waals surface area (Å²) in [6, 6.07) is 9.24. The summed E-state index contributed by atoms with van der Waals surface area (Å²) in [6.45, 7) is 1.66. The molecule has 0 saturated carbocycles. The van der Waals surface area contributed by atoms with Crippen LogP contribution in [0.3, 0.4) is 0 Å². The van der Waals surface area contributed by atoms with E-state index in [1.54, 1.807) is 31.2 Å². The third kappa shape index (κ3) is 2.71. The van der Waals surface area contributed by atoms with Crippen LogP contribution in [0.15, 0.2) is 42.6 Å². The van der Waals surface area contributed by atoms with Gasteiger partial charge in [0.1, 0.15) is 17.2 Å². The highest BCUT2D eigenvalue weighted by molar-refractivity contribution is 6.08. The van der Waals surface area contributed by atoms with Crippen LogP contribution in [0.25, 0.3) is 5.65 Å². The van der Waals surface area contributed by atoms with Gasteiger partial charge in [-0.15, -0.1) is 0 Å². The number of fused-ring (bicyclic) bond motifs is 1. The lowest BCUT2D eigenvalue weighted by atomic mass is 10.1. The monoisotopic (exact) mass is 327 g/mol. The summed E-state index contributed by atoms with van der Waals surface area (Å²) < 4.78 is 19.6. The number of carbonyl (C=O) groups excluding carboxylic acids is 2. The van der Waals surface area contributed by atoms with Crippen LogP contribution < -0.4 is 5.32 Å². The number of para-hydroxylation sites is 1. The number of esters is 1. The number of aromatic nitrogens is 2. The first kappa shape index (κ1) is 15.7. The molecular weight excluding hydrogens is 313 g/mol. The van der Waals surface area contributed by atoms with Crippen molar-refractivity contribution in [3.63, 3.8) is 0 Å². The lowest BCUT2D eigenvalue weighted by Crippen LogP contribution is -2.18. The molecule has 1 amide bonds. The highest BCUT2D eigenvalue weighted by Crippen LogP contribution is 2.19. The van der Waals surface area contributed by atoms with Gasteiger partial charge in [0.05, 0.1) is 24.1 Å². The molecule has 2 aromatic heterocycles. The Morgan fingerprint density at radius 1 is 1.21 bits per heavy atom. The third-order valence-corrected chi connectivity index (χ3v) is 3.55. The number of anilines is 1. The molecule has 0 atom stereocenters. The molecule has 0 fully saturated rings. The minimum absolute atomic E-state index is 0.198. The van der Waals surface area contributed by atoms with Crippen LogP contribution in [-0.4, -0.2) is 28.4 Å². The molecule has 0 aliphatic rings. The number of methoxy groups -OCH3 is 1. The van der Waals surface area contributed by atoms with E-state index in [-0.39, 0.29) is 11.3 Å². The molecule has 0 unspecified atom stereocenters. The van der Waals surface area contributed by atoms with E-state index in [0.29, 0.717) is 17.0 Å². The van der Waals surface area contributed by atoms with Gasteiger partial charge in [0, 0.05) is 6.20 Å². The van der Waals surface area contributed by atoms with Gasteiger partial charge in [-0.05, 0) is 31.2 Å². The topological polar surface area (TPSA) is 72.7 Å². The Kier molecular flexibility index (Phi) is 3.99. The van der Waals surface area contributed by atoms with Crippen molar-refractivity contribution in [1.29, 1.82) is 0 Å². The van der Waals surface area contributed by atoms with Crippen molar-refractivity contribution in [1.82, 2.24) is 9.38 Å². The Bertz CT molecular complexity index is 949. The number of imidazole rings is 1. The van der Waals surface area contributed by atoms with E-state index in [2.05, 4.69) is 10.3 Å². The van der Waals surface area contributed by atoms with E-state index in [4.69, 9.17) is 4.74 Å². The number of hydrogen-bond acceptors (Lipinski definition) is 4. The highest BCUT2D eigenvalue weighted by Gasteiger charge is 2.19. The SMILES string of the molecule is COC(=O)c1ccccc1NC(=O)c1c(C)nc2ccc(F)cn12. The van der Waals surface area contributed by atoms with Crippen LogP contribution in [0.1, 0.15) is 26.5 Å². The van der Waals surface area contributed by atoms with Crippen molar-refractivity contribution in [2.45, 2.75) is 6.92 Å². The Hall–Kier alpha value is -3.22. The van der Waals surface area contributed by atoms with Crippen molar-refractivity contribution >= 4 is 23.2 Å². The second-order valence-electron chi connectivity index (χ2n) is 5.11. The van der Waals surface area contributed by atoms with Crippen LogP contribution in [0, 0.1) is 12.7 Å². The van der Waals surface area contributed by atoms with Gasteiger partial charge >= 0.3 is 5.97 Å².